The van der Waals surface area contributed by atoms with E-state index >= 15 is 0 Å². The van der Waals surface area contributed by atoms with Gasteiger partial charge in [-0.05, 0) is 44.2 Å². The minimum Gasteiger partial charge on any atom is -0.467 e. The van der Waals surface area contributed by atoms with Crippen molar-refractivity contribution in [1.82, 2.24) is 5.32 Å². The molecule has 0 spiro atoms. The monoisotopic (exact) mass is 372 g/mol. The van der Waals surface area contributed by atoms with Crippen LogP contribution in [0.25, 0.3) is 0 Å². The lowest BCUT2D eigenvalue weighted by molar-refractivity contribution is 0.0378. The fourth-order valence-electron chi connectivity index (χ4n) is 3.43. The van der Waals surface area contributed by atoms with Crippen molar-refractivity contribution in [2.45, 2.75) is 32.0 Å². The van der Waals surface area contributed by atoms with Crippen molar-refractivity contribution in [2.75, 3.05) is 4.90 Å². The van der Waals surface area contributed by atoms with Crippen molar-refractivity contribution in [3.05, 3.63) is 58.1 Å². The highest BCUT2D eigenvalue weighted by atomic mass is 79.9. The Bertz CT molecular complexity index is 790. The van der Waals surface area contributed by atoms with Crippen molar-refractivity contribution in [3.63, 3.8) is 0 Å². The number of hydrogen-bond donors (Lipinski definition) is 1. The summed E-state index contributed by atoms with van der Waals surface area (Å²) >= 11 is 3.49. The van der Waals surface area contributed by atoms with Crippen LogP contribution in [0.15, 0.2) is 46.9 Å². The van der Waals surface area contributed by atoms with Gasteiger partial charge in [0.15, 0.2) is 5.72 Å². The molecule has 2 amide bonds. The van der Waals surface area contributed by atoms with E-state index in [0.29, 0.717) is 6.42 Å². The Balaban J connectivity index is 1.79. The van der Waals surface area contributed by atoms with E-state index in [1.807, 2.05) is 56.3 Å². The molecule has 0 aliphatic carbocycles. The molecule has 2 atom stereocenters. The maximum Gasteiger partial charge on any atom is 0.325 e. The lowest BCUT2D eigenvalue weighted by Crippen LogP contribution is -2.65. The molecular weight excluding hydrogens is 356 g/mol. The maximum absolute atomic E-state index is 12.7. The molecule has 1 N–H and O–H groups in total. The molecule has 2 unspecified atom stereocenters. The first-order valence-electron chi connectivity index (χ1n) is 7.62. The first kappa shape index (κ1) is 14.6. The predicted molar refractivity (Wildman–Crippen MR) is 92.7 cm³/mol. The van der Waals surface area contributed by atoms with Gasteiger partial charge in [0.05, 0.1) is 6.04 Å². The van der Waals surface area contributed by atoms with Gasteiger partial charge in [0.1, 0.15) is 5.75 Å². The van der Waals surface area contributed by atoms with Gasteiger partial charge in [-0.1, -0.05) is 33.6 Å². The highest BCUT2D eigenvalue weighted by molar-refractivity contribution is 9.10. The van der Waals surface area contributed by atoms with Crippen LogP contribution in [0.4, 0.5) is 10.5 Å². The van der Waals surface area contributed by atoms with Gasteiger partial charge >= 0.3 is 6.03 Å². The quantitative estimate of drug-likeness (QED) is 0.798. The van der Waals surface area contributed by atoms with E-state index < -0.39 is 5.72 Å². The Kier molecular flexibility index (Phi) is 3.17. The first-order chi connectivity index (χ1) is 11.0. The number of nitrogens with one attached hydrogen (secondary N) is 1. The number of rotatable bonds is 1. The van der Waals surface area contributed by atoms with Crippen LogP contribution in [0.3, 0.4) is 0 Å². The van der Waals surface area contributed by atoms with Gasteiger partial charge in [-0.15, -0.1) is 0 Å². The van der Waals surface area contributed by atoms with Crippen LogP contribution in [0.2, 0.25) is 0 Å². The number of ether oxygens (including phenoxy) is 1. The standard InChI is InChI=1S/C18H17BrN2O2/c1-11-3-6-13(7-4-11)21-17(22)20-15-10-18(21,2)23-16-8-5-12(19)9-14(15)16/h3-9,15H,10H2,1-2H3,(H,20,22). The zero-order valence-electron chi connectivity index (χ0n) is 13.0. The van der Waals surface area contributed by atoms with Gasteiger partial charge in [-0.25, -0.2) is 4.79 Å². The summed E-state index contributed by atoms with van der Waals surface area (Å²) in [5.74, 6) is 0.823. The van der Waals surface area contributed by atoms with Gasteiger partial charge in [0.2, 0.25) is 0 Å². The third kappa shape index (κ3) is 2.30. The van der Waals surface area contributed by atoms with E-state index in [0.717, 1.165) is 27.0 Å². The molecule has 4 nitrogen and oxygen atoms in total. The van der Waals surface area contributed by atoms with Gasteiger partial charge in [-0.3, -0.25) is 4.90 Å². The van der Waals surface area contributed by atoms with Crippen molar-refractivity contribution in [3.8, 4) is 5.75 Å². The van der Waals surface area contributed by atoms with E-state index in [1.165, 1.54) is 0 Å². The molecular formula is C18H17BrN2O2. The normalized spacial score (nSPS) is 25.4. The highest BCUT2D eigenvalue weighted by Crippen LogP contribution is 2.46. The number of carbonyl (C=O) groups excluding carboxylic acids is 1. The fraction of sp³-hybridized carbons (Fsp3) is 0.278. The Morgan fingerprint density at radius 3 is 2.74 bits per heavy atom. The smallest absolute Gasteiger partial charge is 0.325 e. The van der Waals surface area contributed by atoms with Crippen molar-refractivity contribution in [2.24, 2.45) is 0 Å². The molecule has 2 aliphatic heterocycles. The number of aryl methyl sites for hydroxylation is 1. The minimum atomic E-state index is -0.691. The summed E-state index contributed by atoms with van der Waals surface area (Å²) in [5.41, 5.74) is 2.33. The Labute approximate surface area is 143 Å². The number of carbonyl (C=O) groups is 1. The molecule has 2 bridgehead atoms. The van der Waals surface area contributed by atoms with Crippen LogP contribution < -0.4 is 15.0 Å². The number of benzene rings is 2. The summed E-state index contributed by atoms with van der Waals surface area (Å²) in [6.45, 7) is 4.01. The molecule has 0 saturated carbocycles. The van der Waals surface area contributed by atoms with E-state index in [4.69, 9.17) is 4.74 Å². The SMILES string of the molecule is Cc1ccc(N2C(=O)NC3CC2(C)Oc2ccc(Br)cc23)cc1. The van der Waals surface area contributed by atoms with Crippen LogP contribution in [0.5, 0.6) is 5.75 Å². The van der Waals surface area contributed by atoms with Crippen molar-refractivity contribution < 1.29 is 9.53 Å². The highest BCUT2D eigenvalue weighted by Gasteiger charge is 2.49. The molecule has 118 valence electrons. The summed E-state index contributed by atoms with van der Waals surface area (Å²) in [6, 6.07) is 13.7. The van der Waals surface area contributed by atoms with Gasteiger partial charge in [0, 0.05) is 22.1 Å². The van der Waals surface area contributed by atoms with Gasteiger partial charge in [-0.2, -0.15) is 0 Å². The predicted octanol–water partition coefficient (Wildman–Crippen LogP) is 4.53. The summed E-state index contributed by atoms with van der Waals surface area (Å²) in [4.78, 5) is 14.4. The van der Waals surface area contributed by atoms with Crippen molar-refractivity contribution >= 4 is 27.6 Å². The Morgan fingerprint density at radius 1 is 1.26 bits per heavy atom. The number of hydrogen-bond acceptors (Lipinski definition) is 2. The number of anilines is 1. The third-order valence-corrected chi connectivity index (χ3v) is 5.02. The average Bonchev–Trinajstić information content (AvgIpc) is 2.49. The molecule has 2 aromatic rings. The maximum atomic E-state index is 12.7. The van der Waals surface area contributed by atoms with E-state index in [1.54, 1.807) is 4.90 Å². The van der Waals surface area contributed by atoms with E-state index in [9.17, 15) is 4.79 Å². The van der Waals surface area contributed by atoms with Crippen LogP contribution in [0, 0.1) is 6.92 Å². The first-order valence-corrected chi connectivity index (χ1v) is 8.41. The number of halogens is 1. The average molecular weight is 373 g/mol. The summed E-state index contributed by atoms with van der Waals surface area (Å²) in [5, 5.41) is 3.11. The van der Waals surface area contributed by atoms with Crippen molar-refractivity contribution in [1.29, 1.82) is 0 Å². The minimum absolute atomic E-state index is 0.0320. The van der Waals surface area contributed by atoms with Gasteiger partial charge in [0.25, 0.3) is 0 Å². The van der Waals surface area contributed by atoms with Crippen LogP contribution in [-0.4, -0.2) is 11.8 Å². The molecule has 1 fully saturated rings. The molecule has 2 heterocycles. The largest absolute Gasteiger partial charge is 0.467 e. The number of urea groups is 1. The zero-order valence-corrected chi connectivity index (χ0v) is 14.6. The molecule has 0 radical (unpaired) electrons. The summed E-state index contributed by atoms with van der Waals surface area (Å²) in [6.07, 6.45) is 0.704. The van der Waals surface area contributed by atoms with E-state index in [-0.39, 0.29) is 12.1 Å². The summed E-state index contributed by atoms with van der Waals surface area (Å²) < 4.78 is 7.24. The molecule has 1 saturated heterocycles. The lowest BCUT2D eigenvalue weighted by Gasteiger charge is -2.50. The topological polar surface area (TPSA) is 41.6 Å². The molecule has 4 rings (SSSR count). The Hall–Kier alpha value is -2.01. The lowest BCUT2D eigenvalue weighted by atomic mass is 9.90. The molecule has 23 heavy (non-hydrogen) atoms. The number of nitrogens with zero attached hydrogens (tertiary/aromatic N) is 1. The van der Waals surface area contributed by atoms with Crippen LogP contribution in [0.1, 0.15) is 30.5 Å². The number of fused-ring (bicyclic) bond motifs is 4. The van der Waals surface area contributed by atoms with Gasteiger partial charge < -0.3 is 10.1 Å². The number of amides is 2. The van der Waals surface area contributed by atoms with Crippen LogP contribution >= 0.6 is 15.9 Å². The molecule has 0 aromatic heterocycles. The molecule has 2 aromatic carbocycles. The second kappa shape index (κ2) is 4.99. The fourth-order valence-corrected chi connectivity index (χ4v) is 3.81. The Morgan fingerprint density at radius 2 is 2.00 bits per heavy atom. The third-order valence-electron chi connectivity index (χ3n) is 4.53. The van der Waals surface area contributed by atoms with Crippen LogP contribution in [-0.2, 0) is 0 Å². The molecule has 5 heteroatoms. The van der Waals surface area contributed by atoms with E-state index in [2.05, 4.69) is 21.2 Å². The molecule has 2 aliphatic rings. The second-order valence-corrected chi connectivity index (χ2v) is 7.25. The summed E-state index contributed by atoms with van der Waals surface area (Å²) in [7, 11) is 0. The zero-order chi connectivity index (χ0) is 16.2. The second-order valence-electron chi connectivity index (χ2n) is 6.34.